The largest absolute Gasteiger partial charge is 0.497 e. The second-order valence-electron chi connectivity index (χ2n) is 14.8. The number of aromatic nitrogens is 2. The third-order valence-corrected chi connectivity index (χ3v) is 10.7. The zero-order valence-corrected chi connectivity index (χ0v) is 27.9. The van der Waals surface area contributed by atoms with Gasteiger partial charge >= 0.3 is 12.1 Å². The molecule has 1 N–H and O–H groups in total. The van der Waals surface area contributed by atoms with Crippen LogP contribution in [0.1, 0.15) is 78.3 Å². The molecule has 11 heteroatoms. The highest BCUT2D eigenvalue weighted by molar-refractivity contribution is 5.91. The van der Waals surface area contributed by atoms with Crippen LogP contribution in [0, 0.1) is 29.1 Å². The molecule has 3 heterocycles. The lowest BCUT2D eigenvalue weighted by molar-refractivity contribution is -0.153. The fourth-order valence-electron chi connectivity index (χ4n) is 8.02. The van der Waals surface area contributed by atoms with Crippen molar-refractivity contribution in [3.05, 3.63) is 23.9 Å². The summed E-state index contributed by atoms with van der Waals surface area (Å²) in [6.07, 6.45) is 6.60. The Kier molecular flexibility index (Phi) is 9.04. The van der Waals surface area contributed by atoms with Crippen molar-refractivity contribution in [3.63, 3.8) is 0 Å². The Morgan fingerprint density at radius 1 is 1.00 bits per heavy atom. The Labute approximate surface area is 271 Å². The van der Waals surface area contributed by atoms with Gasteiger partial charge in [0, 0.05) is 12.0 Å². The standard InChI is InChI=1S/C35H48N4O7/c1-19-28-18-39(29(19)33(41)44-6)32(40)30(35(2,3)4)38-34(42)46-27-16-20-14-21(15-20)23(27)10-8-7-9-11-25-31(45-28)37-26-17-22(43-5)12-13-24(26)36-25/h12-13,17,19-21,23,27-30H,7-11,14-16,18H2,1-6H3,(H,38,42)/t19-,20?,21?,23+,27+,28+,29+,30-/m1/s1. The summed E-state index contributed by atoms with van der Waals surface area (Å²) in [6.45, 7) is 7.68. The van der Waals surface area contributed by atoms with E-state index in [2.05, 4.69) is 5.32 Å². The molecule has 3 saturated carbocycles. The molecule has 1 aromatic carbocycles. The quantitative estimate of drug-likeness (QED) is 0.449. The van der Waals surface area contributed by atoms with Crippen molar-refractivity contribution in [2.24, 2.45) is 29.1 Å². The number of ether oxygens (including phenoxy) is 4. The number of aryl methyl sites for hydroxylation is 1. The number of carbonyl (C=O) groups excluding carboxylic acids is 3. The number of amides is 2. The molecule has 2 aromatic rings. The van der Waals surface area contributed by atoms with Gasteiger partial charge in [-0.1, -0.05) is 40.5 Å². The van der Waals surface area contributed by atoms with E-state index in [1.54, 1.807) is 7.11 Å². The van der Waals surface area contributed by atoms with Crippen LogP contribution in [0.2, 0.25) is 0 Å². The number of nitrogens with zero attached hydrogens (tertiary/aromatic N) is 3. The van der Waals surface area contributed by atoms with Crippen LogP contribution in [-0.4, -0.2) is 77.9 Å². The Morgan fingerprint density at radius 3 is 2.50 bits per heavy atom. The molecule has 2 amide bonds. The van der Waals surface area contributed by atoms with Gasteiger partial charge in [-0.15, -0.1) is 0 Å². The van der Waals surface area contributed by atoms with Crippen molar-refractivity contribution in [2.75, 3.05) is 20.8 Å². The summed E-state index contributed by atoms with van der Waals surface area (Å²) in [4.78, 5) is 52.3. The van der Waals surface area contributed by atoms with E-state index in [1.165, 1.54) is 24.9 Å². The van der Waals surface area contributed by atoms with Crippen molar-refractivity contribution >= 4 is 29.0 Å². The molecule has 0 spiro atoms. The SMILES string of the molecule is COC(=O)[C@@H]1[C@H](C)[C@@H]2CN1C(=O)[C@H](C(C)(C)C)NC(=O)O[C@H]1CC3CC(C3)[C@@H]1CCCCCc1nc3ccc(OC)cc3nc1O2. The molecule has 1 saturated heterocycles. The third kappa shape index (κ3) is 6.34. The first-order chi connectivity index (χ1) is 22.0. The van der Waals surface area contributed by atoms with Crippen LogP contribution in [-0.2, 0) is 25.5 Å². The molecule has 2 aliphatic heterocycles. The summed E-state index contributed by atoms with van der Waals surface area (Å²) < 4.78 is 23.3. The van der Waals surface area contributed by atoms with Crippen molar-refractivity contribution in [3.8, 4) is 11.6 Å². The van der Waals surface area contributed by atoms with Gasteiger partial charge in [0.2, 0.25) is 11.8 Å². The molecule has 0 radical (unpaired) electrons. The van der Waals surface area contributed by atoms with Gasteiger partial charge in [0.05, 0.1) is 31.8 Å². The van der Waals surface area contributed by atoms with Crippen molar-refractivity contribution in [1.82, 2.24) is 20.2 Å². The molecule has 4 fully saturated rings. The summed E-state index contributed by atoms with van der Waals surface area (Å²) in [5.74, 6) is 1.23. The van der Waals surface area contributed by atoms with Crippen LogP contribution in [0.4, 0.5) is 4.79 Å². The van der Waals surface area contributed by atoms with Crippen molar-refractivity contribution in [1.29, 1.82) is 0 Å². The molecule has 6 atom stereocenters. The average molecular weight is 637 g/mol. The van der Waals surface area contributed by atoms with Crippen molar-refractivity contribution < 1.29 is 33.3 Å². The molecule has 250 valence electrons. The third-order valence-electron chi connectivity index (χ3n) is 10.7. The maximum atomic E-state index is 14.3. The van der Waals surface area contributed by atoms with Crippen molar-refractivity contribution in [2.45, 2.75) is 103 Å². The van der Waals surface area contributed by atoms with Gasteiger partial charge in [-0.3, -0.25) is 4.79 Å². The first-order valence-corrected chi connectivity index (χ1v) is 16.8. The fourth-order valence-corrected chi connectivity index (χ4v) is 8.02. The smallest absolute Gasteiger partial charge is 0.408 e. The lowest BCUT2D eigenvalue weighted by atomic mass is 9.58. The minimum atomic E-state index is -0.933. The number of carbonyl (C=O) groups is 3. The zero-order valence-electron chi connectivity index (χ0n) is 27.9. The summed E-state index contributed by atoms with van der Waals surface area (Å²) >= 11 is 0. The molecular formula is C35H48N4O7. The number of hydrogen-bond acceptors (Lipinski definition) is 9. The molecular weight excluding hydrogens is 588 g/mol. The molecule has 4 bridgehead atoms. The maximum Gasteiger partial charge on any atom is 0.408 e. The number of hydrogen-bond donors (Lipinski definition) is 1. The Morgan fingerprint density at radius 2 is 1.78 bits per heavy atom. The first kappa shape index (κ1) is 32.3. The summed E-state index contributed by atoms with van der Waals surface area (Å²) in [6, 6.07) is 3.75. The lowest BCUT2D eigenvalue weighted by Crippen LogP contribution is -2.58. The first-order valence-electron chi connectivity index (χ1n) is 16.8. The van der Waals surface area contributed by atoms with Crippen LogP contribution in [0.25, 0.3) is 11.0 Å². The lowest BCUT2D eigenvalue weighted by Gasteiger charge is -2.50. The van der Waals surface area contributed by atoms with E-state index < -0.39 is 41.6 Å². The van der Waals surface area contributed by atoms with Crippen LogP contribution in [0.5, 0.6) is 11.6 Å². The Bertz CT molecular complexity index is 1470. The van der Waals surface area contributed by atoms with Gasteiger partial charge in [-0.05, 0) is 73.8 Å². The van der Waals surface area contributed by atoms with E-state index in [1.807, 2.05) is 45.9 Å². The van der Waals surface area contributed by atoms with E-state index >= 15 is 0 Å². The second kappa shape index (κ2) is 12.9. The molecule has 7 rings (SSSR count). The molecule has 0 unspecified atom stereocenters. The van der Waals surface area contributed by atoms with E-state index in [4.69, 9.17) is 28.9 Å². The number of alkyl carbamates (subject to hydrolysis) is 1. The van der Waals surface area contributed by atoms with Crippen LogP contribution in [0.3, 0.4) is 0 Å². The highest BCUT2D eigenvalue weighted by Gasteiger charge is 2.51. The van der Waals surface area contributed by atoms with Gasteiger partial charge in [-0.2, -0.15) is 0 Å². The zero-order chi connectivity index (χ0) is 32.7. The minimum Gasteiger partial charge on any atom is -0.497 e. The number of esters is 1. The van der Waals surface area contributed by atoms with Gasteiger partial charge in [-0.25, -0.2) is 19.6 Å². The van der Waals surface area contributed by atoms with Gasteiger partial charge < -0.3 is 29.2 Å². The number of benzene rings is 1. The van der Waals surface area contributed by atoms with Crippen LogP contribution < -0.4 is 14.8 Å². The maximum absolute atomic E-state index is 14.3. The second-order valence-corrected chi connectivity index (χ2v) is 14.8. The Balaban J connectivity index is 1.37. The van der Waals surface area contributed by atoms with E-state index in [9.17, 15) is 14.4 Å². The molecule has 1 aromatic heterocycles. The molecule has 3 aliphatic carbocycles. The monoisotopic (exact) mass is 636 g/mol. The number of methoxy groups -OCH3 is 2. The molecule has 46 heavy (non-hydrogen) atoms. The van der Waals surface area contributed by atoms with Crippen LogP contribution >= 0.6 is 0 Å². The number of fused-ring (bicyclic) bond motifs is 4. The van der Waals surface area contributed by atoms with E-state index in [-0.39, 0.29) is 18.6 Å². The average Bonchev–Trinajstić information content (AvgIpc) is 3.33. The van der Waals surface area contributed by atoms with E-state index in [0.29, 0.717) is 41.3 Å². The number of nitrogens with one attached hydrogen (secondary N) is 1. The minimum absolute atomic E-state index is 0.119. The Hall–Kier alpha value is -3.63. The normalized spacial score (nSPS) is 32.0. The van der Waals surface area contributed by atoms with Gasteiger partial charge in [0.1, 0.15) is 35.7 Å². The predicted octanol–water partition coefficient (Wildman–Crippen LogP) is 5.08. The predicted molar refractivity (Wildman–Crippen MR) is 170 cm³/mol. The topological polar surface area (TPSA) is 129 Å². The molecule has 11 nitrogen and oxygen atoms in total. The highest BCUT2D eigenvalue weighted by Crippen LogP contribution is 2.51. The summed E-state index contributed by atoms with van der Waals surface area (Å²) in [5.41, 5.74) is 1.48. The van der Waals surface area contributed by atoms with Gasteiger partial charge in [0.15, 0.2) is 0 Å². The molecule has 5 aliphatic rings. The van der Waals surface area contributed by atoms with E-state index in [0.717, 1.165) is 43.3 Å². The van der Waals surface area contributed by atoms with Gasteiger partial charge in [0.25, 0.3) is 0 Å². The summed E-state index contributed by atoms with van der Waals surface area (Å²) in [7, 11) is 2.92. The highest BCUT2D eigenvalue weighted by atomic mass is 16.6. The van der Waals surface area contributed by atoms with Crippen LogP contribution in [0.15, 0.2) is 18.2 Å². The number of rotatable bonds is 2. The summed E-state index contributed by atoms with van der Waals surface area (Å²) in [5, 5.41) is 2.92. The fraction of sp³-hybridized carbons (Fsp3) is 0.686.